The standard InChI is InChI=1S/C17H18N2O4/c1-11-4-5-14-13(9-11)19-17(21)15(23-14)10-16(20)18-7-6-12-3-2-8-22-12/h2-5,8-9,15H,6-7,10H2,1H3,(H,18,20)(H,19,21). The molecule has 1 atom stereocenters. The van der Waals surface area contributed by atoms with Gasteiger partial charge in [0.2, 0.25) is 5.91 Å². The van der Waals surface area contributed by atoms with E-state index < -0.39 is 6.10 Å². The molecule has 1 aromatic carbocycles. The zero-order valence-corrected chi connectivity index (χ0v) is 12.8. The quantitative estimate of drug-likeness (QED) is 0.885. The van der Waals surface area contributed by atoms with Gasteiger partial charge < -0.3 is 19.8 Å². The van der Waals surface area contributed by atoms with Crippen molar-refractivity contribution in [1.82, 2.24) is 5.32 Å². The molecule has 1 aromatic heterocycles. The fourth-order valence-corrected chi connectivity index (χ4v) is 2.42. The number of nitrogens with one attached hydrogen (secondary N) is 2. The molecule has 0 radical (unpaired) electrons. The van der Waals surface area contributed by atoms with E-state index in [2.05, 4.69) is 10.6 Å². The Morgan fingerprint density at radius 1 is 1.35 bits per heavy atom. The number of hydrogen-bond acceptors (Lipinski definition) is 4. The molecule has 1 aliphatic heterocycles. The van der Waals surface area contributed by atoms with Crippen LogP contribution in [-0.4, -0.2) is 24.5 Å². The highest BCUT2D eigenvalue weighted by Crippen LogP contribution is 2.30. The van der Waals surface area contributed by atoms with Gasteiger partial charge in [0.15, 0.2) is 6.10 Å². The largest absolute Gasteiger partial charge is 0.478 e. The Kier molecular flexibility index (Phi) is 4.32. The zero-order valence-electron chi connectivity index (χ0n) is 12.8. The lowest BCUT2D eigenvalue weighted by Gasteiger charge is -2.25. The van der Waals surface area contributed by atoms with Crippen molar-refractivity contribution in [2.45, 2.75) is 25.9 Å². The molecule has 6 nitrogen and oxygen atoms in total. The van der Waals surface area contributed by atoms with Crippen LogP contribution in [0.25, 0.3) is 0 Å². The maximum atomic E-state index is 12.0. The van der Waals surface area contributed by atoms with Crippen LogP contribution < -0.4 is 15.4 Å². The van der Waals surface area contributed by atoms with Crippen molar-refractivity contribution in [3.05, 3.63) is 47.9 Å². The number of aryl methyl sites for hydroxylation is 1. The van der Waals surface area contributed by atoms with Gasteiger partial charge >= 0.3 is 0 Å². The predicted molar refractivity (Wildman–Crippen MR) is 84.3 cm³/mol. The molecule has 0 bridgehead atoms. The Balaban J connectivity index is 1.52. The molecular weight excluding hydrogens is 296 g/mol. The van der Waals surface area contributed by atoms with Crippen LogP contribution in [0.15, 0.2) is 41.0 Å². The summed E-state index contributed by atoms with van der Waals surface area (Å²) in [5.41, 5.74) is 1.67. The highest BCUT2D eigenvalue weighted by atomic mass is 16.5. The average molecular weight is 314 g/mol. The minimum Gasteiger partial charge on any atom is -0.478 e. The molecule has 1 aliphatic rings. The third-order valence-electron chi connectivity index (χ3n) is 3.60. The molecule has 3 rings (SSSR count). The van der Waals surface area contributed by atoms with Crippen molar-refractivity contribution in [3.8, 4) is 5.75 Å². The van der Waals surface area contributed by atoms with Gasteiger partial charge in [-0.25, -0.2) is 0 Å². The normalized spacial score (nSPS) is 16.2. The lowest BCUT2D eigenvalue weighted by Crippen LogP contribution is -2.41. The molecule has 0 saturated heterocycles. The molecule has 0 saturated carbocycles. The van der Waals surface area contributed by atoms with E-state index in [0.29, 0.717) is 24.4 Å². The van der Waals surface area contributed by atoms with Crippen molar-refractivity contribution in [2.75, 3.05) is 11.9 Å². The maximum Gasteiger partial charge on any atom is 0.266 e. The third kappa shape index (κ3) is 3.71. The van der Waals surface area contributed by atoms with Crippen LogP contribution in [0.4, 0.5) is 5.69 Å². The SMILES string of the molecule is Cc1ccc2c(c1)NC(=O)C(CC(=O)NCCc1ccco1)O2. The van der Waals surface area contributed by atoms with Crippen molar-refractivity contribution in [1.29, 1.82) is 0 Å². The second kappa shape index (κ2) is 6.56. The molecule has 2 amide bonds. The number of rotatable bonds is 5. The molecule has 1 unspecified atom stereocenters. The van der Waals surface area contributed by atoms with Crippen LogP contribution in [-0.2, 0) is 16.0 Å². The lowest BCUT2D eigenvalue weighted by atomic mass is 10.1. The molecular formula is C17H18N2O4. The Hall–Kier alpha value is -2.76. The van der Waals surface area contributed by atoms with E-state index in [9.17, 15) is 9.59 Å². The van der Waals surface area contributed by atoms with Gasteiger partial charge in [0.25, 0.3) is 5.91 Å². The number of benzene rings is 1. The Morgan fingerprint density at radius 2 is 2.22 bits per heavy atom. The Bertz CT molecular complexity index is 709. The molecule has 2 aromatic rings. The van der Waals surface area contributed by atoms with Gasteiger partial charge in [-0.3, -0.25) is 9.59 Å². The van der Waals surface area contributed by atoms with Crippen LogP contribution in [0.3, 0.4) is 0 Å². The second-order valence-corrected chi connectivity index (χ2v) is 5.48. The Morgan fingerprint density at radius 3 is 3.00 bits per heavy atom. The van der Waals surface area contributed by atoms with Gasteiger partial charge in [-0.1, -0.05) is 6.07 Å². The molecule has 2 N–H and O–H groups in total. The molecule has 0 fully saturated rings. The summed E-state index contributed by atoms with van der Waals surface area (Å²) in [5, 5.41) is 5.54. The van der Waals surface area contributed by atoms with Crippen LogP contribution >= 0.6 is 0 Å². The summed E-state index contributed by atoms with van der Waals surface area (Å²) in [7, 11) is 0. The van der Waals surface area contributed by atoms with Gasteiger partial charge in [-0.15, -0.1) is 0 Å². The number of hydrogen-bond donors (Lipinski definition) is 2. The zero-order chi connectivity index (χ0) is 16.2. The van der Waals surface area contributed by atoms with Gasteiger partial charge in [-0.2, -0.15) is 0 Å². The monoisotopic (exact) mass is 314 g/mol. The third-order valence-corrected chi connectivity index (χ3v) is 3.60. The fraction of sp³-hybridized carbons (Fsp3) is 0.294. The van der Waals surface area contributed by atoms with Crippen LogP contribution in [0.2, 0.25) is 0 Å². The summed E-state index contributed by atoms with van der Waals surface area (Å²) in [6.45, 7) is 2.39. The second-order valence-electron chi connectivity index (χ2n) is 5.48. The summed E-state index contributed by atoms with van der Waals surface area (Å²) >= 11 is 0. The first-order chi connectivity index (χ1) is 11.1. The number of carbonyl (C=O) groups is 2. The molecule has 23 heavy (non-hydrogen) atoms. The summed E-state index contributed by atoms with van der Waals surface area (Å²) in [6.07, 6.45) is 1.38. The lowest BCUT2D eigenvalue weighted by molar-refractivity contribution is -0.130. The van der Waals surface area contributed by atoms with Crippen LogP contribution in [0.5, 0.6) is 5.75 Å². The van der Waals surface area contributed by atoms with Crippen molar-refractivity contribution in [2.24, 2.45) is 0 Å². The minimum atomic E-state index is -0.811. The van der Waals surface area contributed by atoms with E-state index in [0.717, 1.165) is 11.3 Å². The van der Waals surface area contributed by atoms with E-state index in [4.69, 9.17) is 9.15 Å². The highest BCUT2D eigenvalue weighted by Gasteiger charge is 2.29. The number of carbonyl (C=O) groups excluding carboxylic acids is 2. The Labute approximate surface area is 133 Å². The van der Waals surface area contributed by atoms with Gasteiger partial charge in [0, 0.05) is 13.0 Å². The number of fused-ring (bicyclic) bond motifs is 1. The van der Waals surface area contributed by atoms with Crippen molar-refractivity contribution < 1.29 is 18.7 Å². The summed E-state index contributed by atoms with van der Waals surface area (Å²) in [5.74, 6) is 0.862. The number of amides is 2. The van der Waals surface area contributed by atoms with E-state index in [1.807, 2.05) is 25.1 Å². The van der Waals surface area contributed by atoms with E-state index in [-0.39, 0.29) is 18.2 Å². The van der Waals surface area contributed by atoms with Gasteiger partial charge in [-0.05, 0) is 36.8 Å². The van der Waals surface area contributed by atoms with E-state index in [1.54, 1.807) is 18.4 Å². The van der Waals surface area contributed by atoms with Crippen LogP contribution in [0, 0.1) is 6.92 Å². The summed E-state index contributed by atoms with van der Waals surface area (Å²) in [4.78, 5) is 24.0. The van der Waals surface area contributed by atoms with E-state index in [1.165, 1.54) is 0 Å². The molecule has 120 valence electrons. The topological polar surface area (TPSA) is 80.6 Å². The molecule has 0 spiro atoms. The molecule has 2 heterocycles. The number of ether oxygens (including phenoxy) is 1. The van der Waals surface area contributed by atoms with Gasteiger partial charge in [0.1, 0.15) is 11.5 Å². The van der Waals surface area contributed by atoms with Crippen LogP contribution in [0.1, 0.15) is 17.7 Å². The predicted octanol–water partition coefficient (Wildman–Crippen LogP) is 2.04. The number of anilines is 1. The first kappa shape index (κ1) is 15.1. The smallest absolute Gasteiger partial charge is 0.266 e. The summed E-state index contributed by atoms with van der Waals surface area (Å²) < 4.78 is 10.8. The van der Waals surface area contributed by atoms with Crippen molar-refractivity contribution >= 4 is 17.5 Å². The minimum absolute atomic E-state index is 0.0166. The molecule has 0 aliphatic carbocycles. The number of furan rings is 1. The first-order valence-corrected chi connectivity index (χ1v) is 7.49. The highest BCUT2D eigenvalue weighted by molar-refractivity contribution is 6.00. The van der Waals surface area contributed by atoms with Gasteiger partial charge in [0.05, 0.1) is 18.4 Å². The van der Waals surface area contributed by atoms with Crippen molar-refractivity contribution in [3.63, 3.8) is 0 Å². The molecule has 6 heteroatoms. The summed E-state index contributed by atoms with van der Waals surface area (Å²) in [6, 6.07) is 9.19. The fourth-order valence-electron chi connectivity index (χ4n) is 2.42. The first-order valence-electron chi connectivity index (χ1n) is 7.49. The van der Waals surface area contributed by atoms with E-state index >= 15 is 0 Å². The maximum absolute atomic E-state index is 12.0. The average Bonchev–Trinajstić information content (AvgIpc) is 3.01.